The van der Waals surface area contributed by atoms with Crippen LogP contribution in [0.1, 0.15) is 27.9 Å². The number of hydrogen-bond acceptors (Lipinski definition) is 3. The van der Waals surface area contributed by atoms with Gasteiger partial charge in [-0.3, -0.25) is 0 Å². The normalized spacial score (nSPS) is 10.8. The van der Waals surface area contributed by atoms with Gasteiger partial charge in [0.25, 0.3) is 0 Å². The third-order valence-electron chi connectivity index (χ3n) is 2.64. The average Bonchev–Trinajstić information content (AvgIpc) is 2.35. The van der Waals surface area contributed by atoms with Crippen molar-refractivity contribution in [3.05, 3.63) is 41.0 Å². The molecule has 0 aliphatic rings. The van der Waals surface area contributed by atoms with E-state index in [-0.39, 0.29) is 5.97 Å². The molecule has 1 N–H and O–H groups in total. The lowest BCUT2D eigenvalue weighted by Gasteiger charge is -2.06. The minimum Gasteiger partial charge on any atom is -0.465 e. The van der Waals surface area contributed by atoms with Crippen molar-refractivity contribution in [2.45, 2.75) is 13.3 Å². The van der Waals surface area contributed by atoms with Crippen LogP contribution in [0.4, 0.5) is 0 Å². The van der Waals surface area contributed by atoms with E-state index in [2.05, 4.69) is 11.4 Å². The molecular formula is C14H19NO2. The molecule has 0 saturated heterocycles. The van der Waals surface area contributed by atoms with E-state index in [0.29, 0.717) is 5.56 Å². The fourth-order valence-corrected chi connectivity index (χ4v) is 1.60. The largest absolute Gasteiger partial charge is 0.465 e. The first-order chi connectivity index (χ1) is 8.20. The summed E-state index contributed by atoms with van der Waals surface area (Å²) in [4.78, 5) is 11.5. The summed E-state index contributed by atoms with van der Waals surface area (Å²) in [7, 11) is 3.33. The number of benzene rings is 1. The zero-order valence-electron chi connectivity index (χ0n) is 10.6. The second-order valence-electron chi connectivity index (χ2n) is 3.81. The van der Waals surface area contributed by atoms with Gasteiger partial charge in [-0.05, 0) is 44.1 Å². The molecule has 3 heteroatoms. The number of esters is 1. The Bertz CT molecular complexity index is 411. The minimum atomic E-state index is -0.284. The van der Waals surface area contributed by atoms with Crippen LogP contribution in [-0.4, -0.2) is 26.7 Å². The molecule has 17 heavy (non-hydrogen) atoms. The molecule has 3 nitrogen and oxygen atoms in total. The summed E-state index contributed by atoms with van der Waals surface area (Å²) < 4.78 is 4.74. The van der Waals surface area contributed by atoms with Crippen molar-refractivity contribution in [1.82, 2.24) is 5.32 Å². The third-order valence-corrected chi connectivity index (χ3v) is 2.64. The fourth-order valence-electron chi connectivity index (χ4n) is 1.60. The third kappa shape index (κ3) is 3.71. The number of methoxy groups -OCH3 is 1. The Kier molecular flexibility index (Phi) is 5.43. The van der Waals surface area contributed by atoms with Gasteiger partial charge in [-0.15, -0.1) is 0 Å². The highest BCUT2D eigenvalue weighted by atomic mass is 16.5. The van der Waals surface area contributed by atoms with E-state index in [1.54, 1.807) is 6.07 Å². The van der Waals surface area contributed by atoms with E-state index < -0.39 is 0 Å². The Labute approximate surface area is 102 Å². The first-order valence-electron chi connectivity index (χ1n) is 5.69. The molecule has 1 aromatic rings. The van der Waals surface area contributed by atoms with Gasteiger partial charge in [0, 0.05) is 0 Å². The van der Waals surface area contributed by atoms with Crippen molar-refractivity contribution >= 4 is 12.0 Å². The van der Waals surface area contributed by atoms with Crippen LogP contribution < -0.4 is 5.32 Å². The van der Waals surface area contributed by atoms with Gasteiger partial charge < -0.3 is 10.1 Å². The van der Waals surface area contributed by atoms with Crippen molar-refractivity contribution in [3.63, 3.8) is 0 Å². The van der Waals surface area contributed by atoms with Crippen LogP contribution >= 0.6 is 0 Å². The summed E-state index contributed by atoms with van der Waals surface area (Å²) >= 11 is 0. The van der Waals surface area contributed by atoms with Crippen LogP contribution in [0.25, 0.3) is 6.08 Å². The summed E-state index contributed by atoms with van der Waals surface area (Å²) in [6.07, 6.45) is 5.11. The molecular weight excluding hydrogens is 214 g/mol. The highest BCUT2D eigenvalue weighted by Gasteiger charge is 2.09. The van der Waals surface area contributed by atoms with Gasteiger partial charge in [-0.25, -0.2) is 4.79 Å². The molecule has 0 atom stereocenters. The van der Waals surface area contributed by atoms with Crippen LogP contribution in [0.15, 0.2) is 24.3 Å². The van der Waals surface area contributed by atoms with Gasteiger partial charge in [-0.2, -0.15) is 0 Å². The second kappa shape index (κ2) is 6.86. The average molecular weight is 233 g/mol. The molecule has 0 amide bonds. The van der Waals surface area contributed by atoms with Crippen LogP contribution in [0, 0.1) is 6.92 Å². The van der Waals surface area contributed by atoms with E-state index in [9.17, 15) is 4.79 Å². The first kappa shape index (κ1) is 13.5. The van der Waals surface area contributed by atoms with E-state index in [0.717, 1.165) is 24.1 Å². The first-order valence-corrected chi connectivity index (χ1v) is 5.69. The number of nitrogens with one attached hydrogen (secondary N) is 1. The predicted molar refractivity (Wildman–Crippen MR) is 70.1 cm³/mol. The molecule has 1 aromatic carbocycles. The Morgan fingerprint density at radius 3 is 2.88 bits per heavy atom. The zero-order chi connectivity index (χ0) is 12.7. The number of carbonyl (C=O) groups is 1. The van der Waals surface area contributed by atoms with Gasteiger partial charge in [0.15, 0.2) is 0 Å². The summed E-state index contributed by atoms with van der Waals surface area (Å²) in [6, 6.07) is 5.65. The zero-order valence-corrected chi connectivity index (χ0v) is 10.6. The highest BCUT2D eigenvalue weighted by Crippen LogP contribution is 2.16. The molecule has 0 spiro atoms. The monoisotopic (exact) mass is 233 g/mol. The quantitative estimate of drug-likeness (QED) is 0.627. The van der Waals surface area contributed by atoms with Crippen LogP contribution in [0.3, 0.4) is 0 Å². The molecule has 0 heterocycles. The van der Waals surface area contributed by atoms with Gasteiger partial charge >= 0.3 is 5.97 Å². The van der Waals surface area contributed by atoms with E-state index in [1.807, 2.05) is 32.2 Å². The minimum absolute atomic E-state index is 0.284. The Morgan fingerprint density at radius 1 is 1.47 bits per heavy atom. The number of hydrogen-bond donors (Lipinski definition) is 1. The fraction of sp³-hybridized carbons (Fsp3) is 0.357. The van der Waals surface area contributed by atoms with Crippen LogP contribution in [0.5, 0.6) is 0 Å². The van der Waals surface area contributed by atoms with Crippen molar-refractivity contribution in [2.75, 3.05) is 20.7 Å². The molecule has 0 aliphatic carbocycles. The Hall–Kier alpha value is -1.61. The maximum absolute atomic E-state index is 11.5. The van der Waals surface area contributed by atoms with Crippen LogP contribution in [0.2, 0.25) is 0 Å². The molecule has 0 aliphatic heterocycles. The van der Waals surface area contributed by atoms with E-state index >= 15 is 0 Å². The van der Waals surface area contributed by atoms with Crippen molar-refractivity contribution in [2.24, 2.45) is 0 Å². The molecule has 0 radical (unpaired) electrons. The molecule has 0 bridgehead atoms. The predicted octanol–water partition coefficient (Wildman–Crippen LogP) is 2.40. The SMILES string of the molecule is CNCCC=Cc1cccc(C(=O)OC)c1C. The molecule has 0 saturated carbocycles. The van der Waals surface area contributed by atoms with Crippen molar-refractivity contribution < 1.29 is 9.53 Å². The van der Waals surface area contributed by atoms with E-state index in [1.165, 1.54) is 7.11 Å². The van der Waals surface area contributed by atoms with Gasteiger partial charge in [-0.1, -0.05) is 24.3 Å². The standard InChI is InChI=1S/C14H19NO2/c1-11-12(7-4-5-10-15-2)8-6-9-13(11)14(16)17-3/h4,6-9,15H,5,10H2,1-3H3. The number of ether oxygens (including phenoxy) is 1. The van der Waals surface area contributed by atoms with Gasteiger partial charge in [0.05, 0.1) is 12.7 Å². The van der Waals surface area contributed by atoms with Crippen molar-refractivity contribution in [3.8, 4) is 0 Å². The maximum Gasteiger partial charge on any atom is 0.338 e. The van der Waals surface area contributed by atoms with Crippen LogP contribution in [-0.2, 0) is 4.74 Å². The van der Waals surface area contributed by atoms with Gasteiger partial charge in [0.2, 0.25) is 0 Å². The van der Waals surface area contributed by atoms with Crippen molar-refractivity contribution in [1.29, 1.82) is 0 Å². The molecule has 0 unspecified atom stereocenters. The topological polar surface area (TPSA) is 38.3 Å². The smallest absolute Gasteiger partial charge is 0.338 e. The summed E-state index contributed by atoms with van der Waals surface area (Å²) in [5, 5.41) is 3.08. The molecule has 1 rings (SSSR count). The highest BCUT2D eigenvalue weighted by molar-refractivity contribution is 5.92. The van der Waals surface area contributed by atoms with Gasteiger partial charge in [0.1, 0.15) is 0 Å². The summed E-state index contributed by atoms with van der Waals surface area (Å²) in [5.74, 6) is -0.284. The summed E-state index contributed by atoms with van der Waals surface area (Å²) in [5.41, 5.74) is 2.65. The number of rotatable bonds is 5. The lowest BCUT2D eigenvalue weighted by molar-refractivity contribution is 0.0600. The molecule has 92 valence electrons. The number of carbonyl (C=O) groups excluding carboxylic acids is 1. The maximum atomic E-state index is 11.5. The Morgan fingerprint density at radius 2 is 2.24 bits per heavy atom. The molecule has 0 aromatic heterocycles. The summed E-state index contributed by atoms with van der Waals surface area (Å²) in [6.45, 7) is 2.89. The molecule has 0 fully saturated rings. The second-order valence-corrected chi connectivity index (χ2v) is 3.81. The van der Waals surface area contributed by atoms with E-state index in [4.69, 9.17) is 4.74 Å². The Balaban J connectivity index is 2.87. The lowest BCUT2D eigenvalue weighted by Crippen LogP contribution is -2.06. The lowest BCUT2D eigenvalue weighted by atomic mass is 10.0.